The Labute approximate surface area is 291 Å². The summed E-state index contributed by atoms with van der Waals surface area (Å²) in [5, 5.41) is 19.6. The molecule has 1 aliphatic heterocycles. The van der Waals surface area contributed by atoms with Crippen molar-refractivity contribution in [1.29, 1.82) is 0 Å². The molecule has 2 heterocycles. The Morgan fingerprint density at radius 1 is 0.920 bits per heavy atom. The van der Waals surface area contributed by atoms with Crippen molar-refractivity contribution in [2.75, 3.05) is 49.8 Å². The number of pyridine rings is 1. The standard InChI is InChI=1S/C37H44N6O7/c1-7-25-22-42(16-17-43(25)36(46)47)21-24-20-26(14-15-38-24)50-32-13-12-29(27-10-8-9-11-28(27)32)39-34(44)40-30-18-23(37(2,3)4)19-31(33(30)48-5)41-35(45)49-6/h8-15,18-20,25H,7,16-17,21-22H2,1-6H3,(H,41,45)(H,46,47)(H2,39,40,44). The molecule has 0 saturated carbocycles. The molecule has 0 radical (unpaired) electrons. The largest absolute Gasteiger partial charge is 0.492 e. The number of ether oxygens (including phenoxy) is 3. The first-order valence-electron chi connectivity index (χ1n) is 16.4. The Morgan fingerprint density at radius 2 is 1.62 bits per heavy atom. The zero-order chi connectivity index (χ0) is 36.0. The van der Waals surface area contributed by atoms with E-state index < -0.39 is 18.2 Å². The van der Waals surface area contributed by atoms with Gasteiger partial charge in [0.15, 0.2) is 5.75 Å². The number of carbonyl (C=O) groups is 3. The fraction of sp³-hybridized carbons (Fsp3) is 0.351. The molecule has 50 heavy (non-hydrogen) atoms. The van der Waals surface area contributed by atoms with Crippen LogP contribution < -0.4 is 25.4 Å². The average Bonchev–Trinajstić information content (AvgIpc) is 3.08. The van der Waals surface area contributed by atoms with E-state index in [0.717, 1.165) is 28.5 Å². The molecule has 1 aromatic heterocycles. The van der Waals surface area contributed by atoms with Crippen LogP contribution >= 0.6 is 0 Å². The van der Waals surface area contributed by atoms with Gasteiger partial charge >= 0.3 is 18.2 Å². The number of hydrogen-bond acceptors (Lipinski definition) is 8. The van der Waals surface area contributed by atoms with Crippen LogP contribution in [0.5, 0.6) is 17.2 Å². The van der Waals surface area contributed by atoms with E-state index in [0.29, 0.717) is 54.7 Å². The first-order chi connectivity index (χ1) is 23.9. The Morgan fingerprint density at radius 3 is 2.28 bits per heavy atom. The number of anilines is 3. The molecule has 4 N–H and O–H groups in total. The van der Waals surface area contributed by atoms with Crippen molar-refractivity contribution < 1.29 is 33.7 Å². The monoisotopic (exact) mass is 684 g/mol. The van der Waals surface area contributed by atoms with Crippen LogP contribution in [0.1, 0.15) is 45.4 Å². The number of nitrogens with zero attached hydrogens (tertiary/aromatic N) is 3. The number of benzene rings is 3. The van der Waals surface area contributed by atoms with Crippen molar-refractivity contribution in [3.63, 3.8) is 0 Å². The molecular weight excluding hydrogens is 640 g/mol. The van der Waals surface area contributed by atoms with Gasteiger partial charge < -0.3 is 34.9 Å². The highest BCUT2D eigenvalue weighted by Gasteiger charge is 2.29. The Bertz CT molecular complexity index is 1880. The normalized spacial score (nSPS) is 14.9. The number of piperazine rings is 1. The molecule has 13 nitrogen and oxygen atoms in total. The second kappa shape index (κ2) is 15.3. The lowest BCUT2D eigenvalue weighted by molar-refractivity contribution is 0.0624. The van der Waals surface area contributed by atoms with Gasteiger partial charge in [-0.05, 0) is 47.7 Å². The fourth-order valence-corrected chi connectivity index (χ4v) is 6.00. The van der Waals surface area contributed by atoms with E-state index in [9.17, 15) is 19.5 Å². The van der Waals surface area contributed by atoms with Gasteiger partial charge in [-0.1, -0.05) is 52.0 Å². The van der Waals surface area contributed by atoms with Crippen LogP contribution in [0.15, 0.2) is 66.9 Å². The van der Waals surface area contributed by atoms with Crippen LogP contribution in [0.3, 0.4) is 0 Å². The maximum Gasteiger partial charge on any atom is 0.411 e. The van der Waals surface area contributed by atoms with Crippen LogP contribution in [-0.4, -0.2) is 78.0 Å². The second-order valence-electron chi connectivity index (χ2n) is 13.1. The number of rotatable bonds is 9. The van der Waals surface area contributed by atoms with Gasteiger partial charge in [-0.2, -0.15) is 0 Å². The van der Waals surface area contributed by atoms with E-state index in [2.05, 4.69) is 25.8 Å². The molecule has 1 atom stereocenters. The first kappa shape index (κ1) is 35.7. The predicted molar refractivity (Wildman–Crippen MR) is 193 cm³/mol. The predicted octanol–water partition coefficient (Wildman–Crippen LogP) is 7.73. The molecule has 3 aromatic carbocycles. The topological polar surface area (TPSA) is 155 Å². The van der Waals surface area contributed by atoms with Gasteiger partial charge in [0.25, 0.3) is 0 Å². The molecule has 0 bridgehead atoms. The molecule has 1 aliphatic rings. The zero-order valence-electron chi connectivity index (χ0n) is 29.2. The van der Waals surface area contributed by atoms with Gasteiger partial charge in [0.1, 0.15) is 11.5 Å². The first-order valence-corrected chi connectivity index (χ1v) is 16.4. The second-order valence-corrected chi connectivity index (χ2v) is 13.1. The minimum Gasteiger partial charge on any atom is -0.492 e. The van der Waals surface area contributed by atoms with Crippen molar-refractivity contribution in [2.45, 2.75) is 52.1 Å². The third kappa shape index (κ3) is 8.35. The van der Waals surface area contributed by atoms with Crippen LogP contribution in [0.25, 0.3) is 10.8 Å². The van der Waals surface area contributed by atoms with Gasteiger partial charge in [-0.25, -0.2) is 14.4 Å². The van der Waals surface area contributed by atoms with E-state index in [1.165, 1.54) is 19.1 Å². The number of amides is 4. The maximum atomic E-state index is 13.4. The Kier molecular flexibility index (Phi) is 11.0. The highest BCUT2D eigenvalue weighted by atomic mass is 16.5. The summed E-state index contributed by atoms with van der Waals surface area (Å²) in [6.45, 7) is 10.4. The number of urea groups is 1. The maximum absolute atomic E-state index is 13.4. The molecule has 4 aromatic rings. The summed E-state index contributed by atoms with van der Waals surface area (Å²) >= 11 is 0. The molecule has 13 heteroatoms. The summed E-state index contributed by atoms with van der Waals surface area (Å²) in [4.78, 5) is 45.4. The molecule has 4 amide bonds. The fourth-order valence-electron chi connectivity index (χ4n) is 6.00. The van der Waals surface area contributed by atoms with Gasteiger partial charge in [0, 0.05) is 55.3 Å². The summed E-state index contributed by atoms with van der Waals surface area (Å²) in [6, 6.07) is 17.9. The van der Waals surface area contributed by atoms with Crippen LogP contribution in [-0.2, 0) is 16.7 Å². The summed E-state index contributed by atoms with van der Waals surface area (Å²) in [7, 11) is 2.73. The lowest BCUT2D eigenvalue weighted by Gasteiger charge is -2.39. The summed E-state index contributed by atoms with van der Waals surface area (Å²) in [6.07, 6.45) is 0.900. The molecule has 1 unspecified atom stereocenters. The Balaban J connectivity index is 1.34. The summed E-state index contributed by atoms with van der Waals surface area (Å²) in [5.41, 5.74) is 2.66. The molecular formula is C37H44N6O7. The van der Waals surface area contributed by atoms with Crippen LogP contribution in [0, 0.1) is 0 Å². The number of fused-ring (bicyclic) bond motifs is 1. The van der Waals surface area contributed by atoms with Crippen molar-refractivity contribution in [3.05, 3.63) is 78.1 Å². The van der Waals surface area contributed by atoms with Gasteiger partial charge in [-0.15, -0.1) is 0 Å². The van der Waals surface area contributed by atoms with E-state index in [1.54, 1.807) is 30.5 Å². The number of methoxy groups -OCH3 is 2. The van der Waals surface area contributed by atoms with Crippen molar-refractivity contribution in [1.82, 2.24) is 14.8 Å². The minimum atomic E-state index is -0.881. The van der Waals surface area contributed by atoms with Gasteiger partial charge in [0.2, 0.25) is 0 Å². The number of carbonyl (C=O) groups excluding carboxylic acids is 2. The van der Waals surface area contributed by atoms with E-state index >= 15 is 0 Å². The van der Waals surface area contributed by atoms with Gasteiger partial charge in [0.05, 0.1) is 37.0 Å². The lowest BCUT2D eigenvalue weighted by Crippen LogP contribution is -2.54. The van der Waals surface area contributed by atoms with Crippen molar-refractivity contribution in [3.8, 4) is 17.2 Å². The SMILES string of the molecule is CCC1CN(Cc2cc(Oc3ccc(NC(=O)Nc4cc(C(C)(C)C)cc(NC(=O)OC)c4OC)c4ccccc34)ccn2)CCN1C(=O)O. The zero-order valence-corrected chi connectivity index (χ0v) is 29.2. The van der Waals surface area contributed by atoms with Crippen molar-refractivity contribution >= 4 is 46.1 Å². The van der Waals surface area contributed by atoms with E-state index in [4.69, 9.17) is 14.2 Å². The lowest BCUT2D eigenvalue weighted by atomic mass is 9.86. The van der Waals surface area contributed by atoms with Crippen LogP contribution in [0.2, 0.25) is 0 Å². The minimum absolute atomic E-state index is 0.0574. The van der Waals surface area contributed by atoms with E-state index in [-0.39, 0.29) is 17.2 Å². The number of hydrogen-bond donors (Lipinski definition) is 4. The van der Waals surface area contributed by atoms with E-state index in [1.807, 2.05) is 64.1 Å². The van der Waals surface area contributed by atoms with Crippen molar-refractivity contribution in [2.24, 2.45) is 0 Å². The third-order valence-electron chi connectivity index (χ3n) is 8.65. The molecule has 0 aliphatic carbocycles. The number of nitrogens with one attached hydrogen (secondary N) is 3. The number of aromatic nitrogens is 1. The third-order valence-corrected chi connectivity index (χ3v) is 8.65. The molecule has 0 spiro atoms. The molecule has 264 valence electrons. The highest BCUT2D eigenvalue weighted by Crippen LogP contribution is 2.39. The van der Waals surface area contributed by atoms with Crippen LogP contribution in [0.4, 0.5) is 31.4 Å². The quantitative estimate of drug-likeness (QED) is 0.139. The molecule has 5 rings (SSSR count). The Hall–Kier alpha value is -5.56. The highest BCUT2D eigenvalue weighted by molar-refractivity contribution is 6.08. The average molecular weight is 685 g/mol. The summed E-state index contributed by atoms with van der Waals surface area (Å²) in [5.74, 6) is 1.48. The van der Waals surface area contributed by atoms with Gasteiger partial charge in [-0.3, -0.25) is 15.2 Å². The number of carboxylic acid groups (broad SMARTS) is 1. The summed E-state index contributed by atoms with van der Waals surface area (Å²) < 4.78 is 16.7. The molecule has 1 fully saturated rings. The smallest absolute Gasteiger partial charge is 0.411 e. The molecule has 1 saturated heterocycles.